The predicted octanol–water partition coefficient (Wildman–Crippen LogP) is 4.70. The molecule has 1 aliphatic rings. The highest BCUT2D eigenvalue weighted by Gasteiger charge is 2.43. The van der Waals surface area contributed by atoms with Gasteiger partial charge in [0.15, 0.2) is 0 Å². The van der Waals surface area contributed by atoms with Crippen molar-refractivity contribution in [2.45, 2.75) is 32.1 Å². The Bertz CT molecular complexity index is 641. The van der Waals surface area contributed by atoms with E-state index in [1.54, 1.807) is 0 Å². The highest BCUT2D eigenvalue weighted by molar-refractivity contribution is 5.69. The standard InChI is InChI=1S/C14H14F6N2O2/c1-8-5-10(14(18,19)20)6-11(22(23)24)12(8)21-4-2-3-9(7-21)13(15,16)17/h5-6,9H,2-4,7H2,1H3. The summed E-state index contributed by atoms with van der Waals surface area (Å²) in [6.07, 6.45) is -9.17. The number of nitro benzene ring substituents is 1. The molecule has 0 bridgehead atoms. The summed E-state index contributed by atoms with van der Waals surface area (Å²) in [5.74, 6) is -1.66. The van der Waals surface area contributed by atoms with Crippen molar-refractivity contribution in [3.05, 3.63) is 33.4 Å². The van der Waals surface area contributed by atoms with Crippen LogP contribution in [0.25, 0.3) is 0 Å². The van der Waals surface area contributed by atoms with E-state index < -0.39 is 41.0 Å². The summed E-state index contributed by atoms with van der Waals surface area (Å²) >= 11 is 0. The lowest BCUT2D eigenvalue weighted by Gasteiger charge is -2.35. The van der Waals surface area contributed by atoms with E-state index in [0.717, 1.165) is 11.0 Å². The van der Waals surface area contributed by atoms with E-state index in [1.807, 2.05) is 0 Å². The highest BCUT2D eigenvalue weighted by Crippen LogP contribution is 2.42. The van der Waals surface area contributed by atoms with Crippen LogP contribution in [0.1, 0.15) is 24.0 Å². The van der Waals surface area contributed by atoms with Crippen LogP contribution in [0.4, 0.5) is 37.7 Å². The van der Waals surface area contributed by atoms with Crippen LogP contribution in [0, 0.1) is 23.0 Å². The van der Waals surface area contributed by atoms with Crippen molar-refractivity contribution in [2.75, 3.05) is 18.0 Å². The van der Waals surface area contributed by atoms with E-state index in [-0.39, 0.29) is 30.6 Å². The fourth-order valence-electron chi connectivity index (χ4n) is 2.92. The summed E-state index contributed by atoms with van der Waals surface area (Å²) in [6.45, 7) is 0.852. The molecule has 4 nitrogen and oxygen atoms in total. The fourth-order valence-corrected chi connectivity index (χ4v) is 2.92. The van der Waals surface area contributed by atoms with Gasteiger partial charge in [-0.2, -0.15) is 26.3 Å². The molecule has 0 amide bonds. The Hall–Kier alpha value is -2.00. The number of rotatable bonds is 2. The van der Waals surface area contributed by atoms with Crippen LogP contribution in [-0.4, -0.2) is 24.2 Å². The lowest BCUT2D eigenvalue weighted by Crippen LogP contribution is -2.42. The third-order valence-corrected chi connectivity index (χ3v) is 4.00. The normalized spacial score (nSPS) is 19.5. The van der Waals surface area contributed by atoms with Crippen molar-refractivity contribution >= 4 is 11.4 Å². The maximum absolute atomic E-state index is 12.9. The first-order valence-electron chi connectivity index (χ1n) is 7.09. The van der Waals surface area contributed by atoms with Gasteiger partial charge in [-0.25, -0.2) is 0 Å². The molecule has 0 aliphatic carbocycles. The number of hydrogen-bond acceptors (Lipinski definition) is 3. The van der Waals surface area contributed by atoms with Crippen molar-refractivity contribution in [1.29, 1.82) is 0 Å². The zero-order chi connectivity index (χ0) is 18.3. The molecule has 2 rings (SSSR count). The molecule has 1 unspecified atom stereocenters. The third kappa shape index (κ3) is 3.73. The van der Waals surface area contributed by atoms with Gasteiger partial charge in [0.25, 0.3) is 5.69 Å². The molecule has 0 N–H and O–H groups in total. The van der Waals surface area contributed by atoms with E-state index in [2.05, 4.69) is 0 Å². The van der Waals surface area contributed by atoms with E-state index >= 15 is 0 Å². The average molecular weight is 356 g/mol. The van der Waals surface area contributed by atoms with Gasteiger partial charge in [0.05, 0.1) is 16.4 Å². The zero-order valence-corrected chi connectivity index (χ0v) is 12.5. The van der Waals surface area contributed by atoms with Gasteiger partial charge >= 0.3 is 12.4 Å². The minimum absolute atomic E-state index is 0.0700. The third-order valence-electron chi connectivity index (χ3n) is 4.00. The summed E-state index contributed by atoms with van der Waals surface area (Å²) in [5, 5.41) is 11.2. The lowest BCUT2D eigenvalue weighted by atomic mass is 9.95. The molecule has 1 atom stereocenters. The molecular formula is C14H14F6N2O2. The SMILES string of the molecule is Cc1cc(C(F)(F)F)cc([N+](=O)[O-])c1N1CCCC(C(F)(F)F)C1. The molecule has 10 heteroatoms. The van der Waals surface area contributed by atoms with Crippen molar-refractivity contribution in [3.63, 3.8) is 0 Å². The van der Waals surface area contributed by atoms with E-state index in [1.165, 1.54) is 6.92 Å². The van der Waals surface area contributed by atoms with Gasteiger partial charge in [0.1, 0.15) is 5.69 Å². The molecule has 1 aromatic rings. The molecule has 134 valence electrons. The second-order valence-electron chi connectivity index (χ2n) is 5.74. The molecule has 0 spiro atoms. The van der Waals surface area contributed by atoms with Crippen LogP contribution in [0.5, 0.6) is 0 Å². The van der Waals surface area contributed by atoms with Gasteiger partial charge in [-0.15, -0.1) is 0 Å². The minimum Gasteiger partial charge on any atom is -0.365 e. The highest BCUT2D eigenvalue weighted by atomic mass is 19.4. The van der Waals surface area contributed by atoms with Crippen molar-refractivity contribution in [1.82, 2.24) is 0 Å². The first-order valence-corrected chi connectivity index (χ1v) is 7.09. The Morgan fingerprint density at radius 1 is 1.21 bits per heavy atom. The van der Waals surface area contributed by atoms with E-state index in [0.29, 0.717) is 6.07 Å². The molecule has 0 saturated carbocycles. The molecule has 1 aliphatic heterocycles. The van der Waals surface area contributed by atoms with Crippen molar-refractivity contribution in [3.8, 4) is 0 Å². The molecular weight excluding hydrogens is 342 g/mol. The van der Waals surface area contributed by atoms with Gasteiger partial charge < -0.3 is 4.90 Å². The van der Waals surface area contributed by atoms with E-state index in [9.17, 15) is 36.5 Å². The summed E-state index contributed by atoms with van der Waals surface area (Å²) in [5.41, 5.74) is -2.27. The maximum atomic E-state index is 12.9. The molecule has 1 heterocycles. The first-order chi connectivity index (χ1) is 10.9. The Balaban J connectivity index is 2.48. The number of hydrogen-bond donors (Lipinski definition) is 0. The number of halogens is 6. The minimum atomic E-state index is -4.77. The monoisotopic (exact) mass is 356 g/mol. The number of aryl methyl sites for hydroxylation is 1. The Labute approximate surface area is 133 Å². The zero-order valence-electron chi connectivity index (χ0n) is 12.5. The smallest absolute Gasteiger partial charge is 0.365 e. The largest absolute Gasteiger partial charge is 0.416 e. The number of nitrogens with zero attached hydrogens (tertiary/aromatic N) is 2. The van der Waals surface area contributed by atoms with Gasteiger partial charge in [0.2, 0.25) is 0 Å². The predicted molar refractivity (Wildman–Crippen MR) is 73.8 cm³/mol. The molecule has 0 aromatic heterocycles. The molecule has 24 heavy (non-hydrogen) atoms. The van der Waals surface area contributed by atoms with Crippen LogP contribution in [0.3, 0.4) is 0 Å². The quantitative estimate of drug-likeness (QED) is 0.438. The summed E-state index contributed by atoms with van der Waals surface area (Å²) < 4.78 is 77.2. The molecule has 1 aromatic carbocycles. The Morgan fingerprint density at radius 3 is 2.33 bits per heavy atom. The van der Waals surface area contributed by atoms with Crippen LogP contribution >= 0.6 is 0 Å². The lowest BCUT2D eigenvalue weighted by molar-refractivity contribution is -0.384. The summed E-state index contributed by atoms with van der Waals surface area (Å²) in [7, 11) is 0. The fraction of sp³-hybridized carbons (Fsp3) is 0.571. The molecule has 1 fully saturated rings. The van der Waals surface area contributed by atoms with Crippen LogP contribution in [-0.2, 0) is 6.18 Å². The van der Waals surface area contributed by atoms with Gasteiger partial charge in [-0.3, -0.25) is 10.1 Å². The van der Waals surface area contributed by atoms with E-state index in [4.69, 9.17) is 0 Å². The number of benzene rings is 1. The Morgan fingerprint density at radius 2 is 1.83 bits per heavy atom. The first kappa shape index (κ1) is 18.3. The van der Waals surface area contributed by atoms with Gasteiger partial charge in [-0.1, -0.05) is 0 Å². The topological polar surface area (TPSA) is 46.4 Å². The van der Waals surface area contributed by atoms with Crippen molar-refractivity contribution in [2.24, 2.45) is 5.92 Å². The molecule has 0 radical (unpaired) electrons. The second-order valence-corrected chi connectivity index (χ2v) is 5.74. The maximum Gasteiger partial charge on any atom is 0.416 e. The summed E-state index contributed by atoms with van der Waals surface area (Å²) in [4.78, 5) is 11.3. The molecule has 1 saturated heterocycles. The average Bonchev–Trinajstić information content (AvgIpc) is 2.44. The number of piperidine rings is 1. The van der Waals surface area contributed by atoms with Crippen LogP contribution in [0.2, 0.25) is 0 Å². The van der Waals surface area contributed by atoms with Gasteiger partial charge in [0, 0.05) is 19.2 Å². The van der Waals surface area contributed by atoms with Gasteiger partial charge in [-0.05, 0) is 31.4 Å². The van der Waals surface area contributed by atoms with Crippen LogP contribution in [0.15, 0.2) is 12.1 Å². The number of alkyl halides is 6. The van der Waals surface area contributed by atoms with Crippen LogP contribution < -0.4 is 4.90 Å². The number of nitro groups is 1. The second kappa shape index (κ2) is 6.14. The van der Waals surface area contributed by atoms with Crippen molar-refractivity contribution < 1.29 is 31.3 Å². The number of anilines is 1. The summed E-state index contributed by atoms with van der Waals surface area (Å²) in [6, 6.07) is 1.10. The Kier molecular flexibility index (Phi) is 4.69.